The normalized spacial score (nSPS) is 14.0. The van der Waals surface area contributed by atoms with Crippen molar-refractivity contribution >= 4 is 43.9 Å². The minimum atomic E-state index is -4.00. The van der Waals surface area contributed by atoms with Crippen molar-refractivity contribution in [1.29, 1.82) is 0 Å². The minimum Gasteiger partial charge on any atom is -0.361 e. The molecule has 0 bridgehead atoms. The maximum Gasteiger partial charge on any atom is 0.241 e. The van der Waals surface area contributed by atoms with Crippen LogP contribution in [0, 0.1) is 5.41 Å². The number of H-pyrrole nitrogens is 1. The van der Waals surface area contributed by atoms with Crippen LogP contribution in [0.3, 0.4) is 0 Å². The van der Waals surface area contributed by atoms with Crippen LogP contribution < -0.4 is 10.0 Å². The summed E-state index contributed by atoms with van der Waals surface area (Å²) in [6.07, 6.45) is 2.78. The highest BCUT2D eigenvalue weighted by Crippen LogP contribution is 2.24. The molecule has 3 N–H and O–H groups in total. The summed E-state index contributed by atoms with van der Waals surface area (Å²) in [6.45, 7) is 5.32. The summed E-state index contributed by atoms with van der Waals surface area (Å²) in [7, 11) is -4.00. The van der Waals surface area contributed by atoms with E-state index in [2.05, 4.69) is 15.0 Å². The van der Waals surface area contributed by atoms with E-state index in [1.54, 1.807) is 32.9 Å². The molecule has 0 aliphatic rings. The molecule has 1 aromatic heterocycles. The molecule has 7 nitrogen and oxygen atoms in total. The standard InChI is InChI=1S/C27H29N3O4S/c1-27(2,3)25(30-35(33,34)22-13-12-18-8-4-5-9-19(18)15-22)26(32)29-21(17-31)14-20-16-28-24-11-7-6-10-23(20)24/h4-13,15-17,21,25,28,30H,14H2,1-3H3,(H,29,32)/t21-,25+/m0/s1. The number of para-hydroxylation sites is 1. The Bertz CT molecular complexity index is 1490. The number of fused-ring (bicyclic) bond motifs is 2. The lowest BCUT2D eigenvalue weighted by molar-refractivity contribution is -0.127. The van der Waals surface area contributed by atoms with Gasteiger partial charge in [0.2, 0.25) is 15.9 Å². The summed E-state index contributed by atoms with van der Waals surface area (Å²) in [6, 6.07) is 18.1. The van der Waals surface area contributed by atoms with Crippen molar-refractivity contribution < 1.29 is 18.0 Å². The summed E-state index contributed by atoms with van der Waals surface area (Å²) in [5.41, 5.74) is 1.08. The second-order valence-electron chi connectivity index (χ2n) is 9.74. The molecule has 1 heterocycles. The van der Waals surface area contributed by atoms with Gasteiger partial charge < -0.3 is 15.1 Å². The van der Waals surface area contributed by atoms with E-state index < -0.39 is 33.4 Å². The first-order valence-electron chi connectivity index (χ1n) is 11.4. The molecule has 4 rings (SSSR count). The number of carbonyl (C=O) groups excluding carboxylic acids is 2. The van der Waals surface area contributed by atoms with Crippen molar-refractivity contribution in [1.82, 2.24) is 15.0 Å². The minimum absolute atomic E-state index is 0.0731. The maximum atomic E-state index is 13.3. The van der Waals surface area contributed by atoms with E-state index in [0.29, 0.717) is 6.29 Å². The number of amides is 1. The third-order valence-corrected chi connectivity index (χ3v) is 7.46. The smallest absolute Gasteiger partial charge is 0.241 e. The largest absolute Gasteiger partial charge is 0.361 e. The molecule has 0 aliphatic carbocycles. The fourth-order valence-corrected chi connectivity index (χ4v) is 5.55. The second-order valence-corrected chi connectivity index (χ2v) is 11.5. The van der Waals surface area contributed by atoms with Gasteiger partial charge in [0.1, 0.15) is 12.3 Å². The molecule has 35 heavy (non-hydrogen) atoms. The van der Waals surface area contributed by atoms with Gasteiger partial charge in [-0.1, -0.05) is 69.3 Å². The Balaban J connectivity index is 1.55. The number of nitrogens with one attached hydrogen (secondary N) is 3. The monoisotopic (exact) mass is 491 g/mol. The van der Waals surface area contributed by atoms with Crippen molar-refractivity contribution in [2.75, 3.05) is 0 Å². The fraction of sp³-hybridized carbons (Fsp3) is 0.259. The van der Waals surface area contributed by atoms with E-state index in [1.165, 1.54) is 6.07 Å². The number of hydrogen-bond acceptors (Lipinski definition) is 4. The lowest BCUT2D eigenvalue weighted by Gasteiger charge is -2.31. The molecular formula is C27H29N3O4S. The molecule has 0 fully saturated rings. The first kappa shape index (κ1) is 24.6. The SMILES string of the molecule is CC(C)(C)[C@H](NS(=O)(=O)c1ccc2ccccc2c1)C(=O)N[C@H](C=O)Cc1c[nH]c2ccccc12. The molecule has 4 aromatic rings. The van der Waals surface area contributed by atoms with Crippen LogP contribution in [0.15, 0.2) is 77.8 Å². The molecule has 3 aromatic carbocycles. The molecule has 0 aliphatic heterocycles. The number of hydrogen-bond donors (Lipinski definition) is 3. The van der Waals surface area contributed by atoms with E-state index >= 15 is 0 Å². The van der Waals surface area contributed by atoms with Crippen LogP contribution in [0.25, 0.3) is 21.7 Å². The Morgan fingerprint density at radius 1 is 1.00 bits per heavy atom. The maximum absolute atomic E-state index is 13.3. The van der Waals surface area contributed by atoms with Gasteiger partial charge in [0.05, 0.1) is 10.9 Å². The average Bonchev–Trinajstić information content (AvgIpc) is 3.23. The van der Waals surface area contributed by atoms with Crippen molar-refractivity contribution in [3.05, 3.63) is 78.5 Å². The Kier molecular flexibility index (Phi) is 6.78. The first-order chi connectivity index (χ1) is 16.6. The van der Waals surface area contributed by atoms with E-state index in [-0.39, 0.29) is 11.3 Å². The van der Waals surface area contributed by atoms with Crippen LogP contribution >= 0.6 is 0 Å². The molecule has 0 spiro atoms. The Hall–Kier alpha value is -3.49. The van der Waals surface area contributed by atoms with Crippen LogP contribution in [0.4, 0.5) is 0 Å². The highest BCUT2D eigenvalue weighted by molar-refractivity contribution is 7.89. The quantitative estimate of drug-likeness (QED) is 0.325. The Morgan fingerprint density at radius 2 is 1.69 bits per heavy atom. The topological polar surface area (TPSA) is 108 Å². The molecular weight excluding hydrogens is 462 g/mol. The van der Waals surface area contributed by atoms with Crippen molar-refractivity contribution in [3.63, 3.8) is 0 Å². The van der Waals surface area contributed by atoms with Crippen molar-refractivity contribution in [3.8, 4) is 0 Å². The Labute approximate surface area is 205 Å². The fourth-order valence-electron chi connectivity index (χ4n) is 4.12. The first-order valence-corrected chi connectivity index (χ1v) is 12.9. The average molecular weight is 492 g/mol. The van der Waals surface area contributed by atoms with Gasteiger partial charge in [-0.25, -0.2) is 8.42 Å². The summed E-state index contributed by atoms with van der Waals surface area (Å²) in [5.74, 6) is -0.557. The van der Waals surface area contributed by atoms with Gasteiger partial charge in [-0.3, -0.25) is 4.79 Å². The van der Waals surface area contributed by atoms with Gasteiger partial charge in [0.15, 0.2) is 0 Å². The highest BCUT2D eigenvalue weighted by atomic mass is 32.2. The van der Waals surface area contributed by atoms with Gasteiger partial charge in [0, 0.05) is 23.5 Å². The van der Waals surface area contributed by atoms with Gasteiger partial charge >= 0.3 is 0 Å². The van der Waals surface area contributed by atoms with Crippen LogP contribution in [0.2, 0.25) is 0 Å². The number of aromatic amines is 1. The molecule has 182 valence electrons. The summed E-state index contributed by atoms with van der Waals surface area (Å²) >= 11 is 0. The van der Waals surface area contributed by atoms with E-state index in [0.717, 1.165) is 27.2 Å². The van der Waals surface area contributed by atoms with E-state index in [9.17, 15) is 18.0 Å². The van der Waals surface area contributed by atoms with Gasteiger partial charge in [-0.2, -0.15) is 4.72 Å². The number of sulfonamides is 1. The number of rotatable bonds is 8. The zero-order valence-electron chi connectivity index (χ0n) is 19.9. The summed E-state index contributed by atoms with van der Waals surface area (Å²) in [4.78, 5) is 28.3. The lowest BCUT2D eigenvalue weighted by atomic mass is 9.86. The molecule has 0 unspecified atom stereocenters. The zero-order chi connectivity index (χ0) is 25.2. The lowest BCUT2D eigenvalue weighted by Crippen LogP contribution is -2.55. The van der Waals surface area contributed by atoms with Crippen molar-refractivity contribution in [2.24, 2.45) is 5.41 Å². The molecule has 1 amide bonds. The number of aldehydes is 1. The molecule has 2 atom stereocenters. The number of aromatic nitrogens is 1. The van der Waals surface area contributed by atoms with Crippen LogP contribution in [-0.2, 0) is 26.0 Å². The van der Waals surface area contributed by atoms with Gasteiger partial charge in [-0.05, 0) is 39.9 Å². The Morgan fingerprint density at radius 3 is 2.40 bits per heavy atom. The molecule has 0 saturated carbocycles. The molecule has 0 radical (unpaired) electrons. The molecule has 0 saturated heterocycles. The number of carbonyl (C=O) groups is 2. The predicted molar refractivity (Wildman–Crippen MR) is 138 cm³/mol. The van der Waals surface area contributed by atoms with E-state index in [1.807, 2.05) is 54.7 Å². The predicted octanol–water partition coefficient (Wildman–Crippen LogP) is 3.94. The van der Waals surface area contributed by atoms with Crippen LogP contribution in [0.5, 0.6) is 0 Å². The highest BCUT2D eigenvalue weighted by Gasteiger charge is 2.36. The van der Waals surface area contributed by atoms with E-state index in [4.69, 9.17) is 0 Å². The molecule has 8 heteroatoms. The zero-order valence-corrected chi connectivity index (χ0v) is 20.7. The van der Waals surface area contributed by atoms with Crippen LogP contribution in [-0.4, -0.2) is 37.7 Å². The van der Waals surface area contributed by atoms with Crippen molar-refractivity contribution in [2.45, 2.75) is 44.2 Å². The third kappa shape index (κ3) is 5.44. The van der Waals surface area contributed by atoms with Gasteiger partial charge in [0.25, 0.3) is 0 Å². The summed E-state index contributed by atoms with van der Waals surface area (Å²) in [5, 5.41) is 5.41. The third-order valence-electron chi connectivity index (χ3n) is 6.04. The van der Waals surface area contributed by atoms with Crippen LogP contribution in [0.1, 0.15) is 26.3 Å². The number of benzene rings is 3. The second kappa shape index (κ2) is 9.64. The summed E-state index contributed by atoms with van der Waals surface area (Å²) < 4.78 is 29.0. The van der Waals surface area contributed by atoms with Gasteiger partial charge in [-0.15, -0.1) is 0 Å².